The van der Waals surface area contributed by atoms with Crippen LogP contribution in [0.1, 0.15) is 18.4 Å². The van der Waals surface area contributed by atoms with Gasteiger partial charge in [0.1, 0.15) is 6.29 Å². The Balaban J connectivity index is 2.10. The molecule has 1 aliphatic rings. The van der Waals surface area contributed by atoms with Gasteiger partial charge < -0.3 is 14.8 Å². The van der Waals surface area contributed by atoms with Crippen LogP contribution < -0.4 is 0 Å². The van der Waals surface area contributed by atoms with Crippen molar-refractivity contribution < 1.29 is 14.7 Å². The van der Waals surface area contributed by atoms with E-state index in [2.05, 4.69) is 0 Å². The molecular weight excluding hydrogens is 230 g/mol. The fraction of sp³-hybridized carbons (Fsp3) is 0.429. The van der Waals surface area contributed by atoms with Crippen LogP contribution in [0.5, 0.6) is 0 Å². The van der Waals surface area contributed by atoms with Crippen molar-refractivity contribution in [3.8, 4) is 0 Å². The number of piperidine rings is 1. The Morgan fingerprint density at radius 1 is 1.39 bits per heavy atom. The fourth-order valence-corrected chi connectivity index (χ4v) is 2.54. The number of likely N-dealkylation sites (tertiary alicyclic amines) is 1. The number of carbonyl (C=O) groups excluding carboxylic acids is 1. The van der Waals surface area contributed by atoms with Gasteiger partial charge in [-0.3, -0.25) is 0 Å². The van der Waals surface area contributed by atoms with Crippen LogP contribution in [0.3, 0.4) is 0 Å². The van der Waals surface area contributed by atoms with Gasteiger partial charge in [0.15, 0.2) is 0 Å². The van der Waals surface area contributed by atoms with Gasteiger partial charge in [-0.2, -0.15) is 0 Å². The Hall–Kier alpha value is -1.84. The van der Waals surface area contributed by atoms with Crippen LogP contribution in [0.25, 0.3) is 0 Å². The molecule has 1 aromatic carbocycles. The summed E-state index contributed by atoms with van der Waals surface area (Å²) < 4.78 is 0. The molecule has 0 aromatic heterocycles. The Morgan fingerprint density at radius 3 is 2.72 bits per heavy atom. The SMILES string of the molecule is O=CC1CCN(C(=O)O)C(Cc2ccccc2)C1. The maximum atomic E-state index is 11.2. The lowest BCUT2D eigenvalue weighted by molar-refractivity contribution is -0.112. The number of carboxylic acid groups (broad SMARTS) is 1. The zero-order valence-electron chi connectivity index (χ0n) is 10.2. The first-order valence-electron chi connectivity index (χ1n) is 6.19. The van der Waals surface area contributed by atoms with Crippen LogP contribution >= 0.6 is 0 Å². The van der Waals surface area contributed by atoms with Crippen molar-refractivity contribution in [3.63, 3.8) is 0 Å². The molecule has 4 heteroatoms. The van der Waals surface area contributed by atoms with E-state index in [4.69, 9.17) is 0 Å². The molecule has 1 N–H and O–H groups in total. The number of aldehydes is 1. The molecule has 1 saturated heterocycles. The van der Waals surface area contributed by atoms with E-state index in [1.54, 1.807) is 0 Å². The van der Waals surface area contributed by atoms with E-state index in [-0.39, 0.29) is 12.0 Å². The molecule has 1 aromatic rings. The number of benzene rings is 1. The van der Waals surface area contributed by atoms with Gasteiger partial charge in [0.25, 0.3) is 0 Å². The zero-order valence-corrected chi connectivity index (χ0v) is 10.2. The van der Waals surface area contributed by atoms with Crippen molar-refractivity contribution in [2.75, 3.05) is 6.54 Å². The smallest absolute Gasteiger partial charge is 0.407 e. The lowest BCUT2D eigenvalue weighted by atomic mass is 9.89. The summed E-state index contributed by atoms with van der Waals surface area (Å²) >= 11 is 0. The van der Waals surface area contributed by atoms with Crippen molar-refractivity contribution in [1.29, 1.82) is 0 Å². The molecule has 4 nitrogen and oxygen atoms in total. The van der Waals surface area contributed by atoms with Gasteiger partial charge in [-0.05, 0) is 24.8 Å². The molecule has 0 aliphatic carbocycles. The molecular formula is C14H17NO3. The third kappa shape index (κ3) is 2.88. The van der Waals surface area contributed by atoms with E-state index in [1.807, 2.05) is 30.3 Å². The van der Waals surface area contributed by atoms with Crippen LogP contribution in [0, 0.1) is 5.92 Å². The summed E-state index contributed by atoms with van der Waals surface area (Å²) in [6.07, 6.45) is 2.01. The number of carbonyl (C=O) groups is 2. The Bertz CT molecular complexity index is 418. The third-order valence-electron chi connectivity index (χ3n) is 3.51. The number of nitrogens with zero attached hydrogens (tertiary/aromatic N) is 1. The fourth-order valence-electron chi connectivity index (χ4n) is 2.54. The minimum absolute atomic E-state index is 0.00527. The van der Waals surface area contributed by atoms with Gasteiger partial charge in [-0.15, -0.1) is 0 Å². The first kappa shape index (κ1) is 12.6. The summed E-state index contributed by atoms with van der Waals surface area (Å²) in [5, 5.41) is 9.18. The molecule has 1 amide bonds. The highest BCUT2D eigenvalue weighted by Gasteiger charge is 2.31. The summed E-state index contributed by atoms with van der Waals surface area (Å²) in [6.45, 7) is 0.455. The number of amides is 1. The van der Waals surface area contributed by atoms with Gasteiger partial charge in [0.05, 0.1) is 0 Å². The Labute approximate surface area is 106 Å². The van der Waals surface area contributed by atoms with Gasteiger partial charge in [0, 0.05) is 18.5 Å². The van der Waals surface area contributed by atoms with Crippen molar-refractivity contribution in [1.82, 2.24) is 4.90 Å². The highest BCUT2D eigenvalue weighted by atomic mass is 16.4. The second-order valence-electron chi connectivity index (χ2n) is 4.74. The Kier molecular flexibility index (Phi) is 3.97. The maximum absolute atomic E-state index is 11.2. The van der Waals surface area contributed by atoms with Gasteiger partial charge in [-0.25, -0.2) is 4.79 Å². The molecule has 0 saturated carbocycles. The molecule has 18 heavy (non-hydrogen) atoms. The predicted molar refractivity (Wildman–Crippen MR) is 67.5 cm³/mol. The normalized spacial score (nSPS) is 23.7. The molecule has 1 aliphatic heterocycles. The van der Waals surface area contributed by atoms with E-state index in [9.17, 15) is 14.7 Å². The second kappa shape index (κ2) is 5.67. The molecule has 96 valence electrons. The average molecular weight is 247 g/mol. The quantitative estimate of drug-likeness (QED) is 0.833. The van der Waals surface area contributed by atoms with Crippen LogP contribution in [0.15, 0.2) is 30.3 Å². The van der Waals surface area contributed by atoms with Crippen molar-refractivity contribution in [2.45, 2.75) is 25.3 Å². The minimum atomic E-state index is -0.889. The summed E-state index contributed by atoms with van der Waals surface area (Å²) in [5.74, 6) is -0.00527. The van der Waals surface area contributed by atoms with Crippen LogP contribution in [0.4, 0.5) is 4.79 Å². The molecule has 1 fully saturated rings. The van der Waals surface area contributed by atoms with Gasteiger partial charge in [0.2, 0.25) is 0 Å². The van der Waals surface area contributed by atoms with E-state index >= 15 is 0 Å². The predicted octanol–water partition coefficient (Wildman–Crippen LogP) is 2.19. The maximum Gasteiger partial charge on any atom is 0.407 e. The van der Waals surface area contributed by atoms with E-state index in [0.29, 0.717) is 25.8 Å². The standard InChI is InChI=1S/C14H17NO3/c16-10-12-6-7-15(14(17)18)13(9-12)8-11-4-2-1-3-5-11/h1-5,10,12-13H,6-9H2,(H,17,18). The lowest BCUT2D eigenvalue weighted by Crippen LogP contribution is -2.46. The topological polar surface area (TPSA) is 57.6 Å². The highest BCUT2D eigenvalue weighted by molar-refractivity contribution is 5.66. The molecule has 2 atom stereocenters. The zero-order chi connectivity index (χ0) is 13.0. The molecule has 0 bridgehead atoms. The molecule has 0 spiro atoms. The monoisotopic (exact) mass is 247 g/mol. The number of hydrogen-bond donors (Lipinski definition) is 1. The number of hydrogen-bond acceptors (Lipinski definition) is 2. The Morgan fingerprint density at radius 2 is 2.11 bits per heavy atom. The first-order chi connectivity index (χ1) is 8.70. The summed E-state index contributed by atoms with van der Waals surface area (Å²) in [5.41, 5.74) is 1.11. The van der Waals surface area contributed by atoms with E-state index in [1.165, 1.54) is 4.90 Å². The van der Waals surface area contributed by atoms with Gasteiger partial charge in [-0.1, -0.05) is 30.3 Å². The second-order valence-corrected chi connectivity index (χ2v) is 4.74. The highest BCUT2D eigenvalue weighted by Crippen LogP contribution is 2.24. The molecule has 2 unspecified atom stereocenters. The van der Waals surface area contributed by atoms with Gasteiger partial charge >= 0.3 is 6.09 Å². The third-order valence-corrected chi connectivity index (χ3v) is 3.51. The first-order valence-corrected chi connectivity index (χ1v) is 6.19. The minimum Gasteiger partial charge on any atom is -0.465 e. The number of rotatable bonds is 3. The van der Waals surface area contributed by atoms with Crippen molar-refractivity contribution in [3.05, 3.63) is 35.9 Å². The molecule has 1 heterocycles. The molecule has 0 radical (unpaired) electrons. The summed E-state index contributed by atoms with van der Waals surface area (Å²) in [7, 11) is 0. The summed E-state index contributed by atoms with van der Waals surface area (Å²) in [6, 6.07) is 9.72. The van der Waals surface area contributed by atoms with Crippen LogP contribution in [-0.2, 0) is 11.2 Å². The van der Waals surface area contributed by atoms with Crippen LogP contribution in [-0.4, -0.2) is 35.0 Å². The van der Waals surface area contributed by atoms with Crippen LogP contribution in [0.2, 0.25) is 0 Å². The summed E-state index contributed by atoms with van der Waals surface area (Å²) in [4.78, 5) is 23.5. The van der Waals surface area contributed by atoms with Crippen molar-refractivity contribution >= 4 is 12.4 Å². The van der Waals surface area contributed by atoms with Crippen molar-refractivity contribution in [2.24, 2.45) is 5.92 Å². The molecule has 2 rings (SSSR count). The lowest BCUT2D eigenvalue weighted by Gasteiger charge is -2.36. The van der Waals surface area contributed by atoms with E-state index < -0.39 is 6.09 Å². The largest absolute Gasteiger partial charge is 0.465 e. The average Bonchev–Trinajstić information content (AvgIpc) is 2.39. The van der Waals surface area contributed by atoms with E-state index in [0.717, 1.165) is 11.8 Å².